The van der Waals surface area contributed by atoms with Gasteiger partial charge in [-0.1, -0.05) is 30.3 Å². The van der Waals surface area contributed by atoms with Gasteiger partial charge in [-0.3, -0.25) is 9.59 Å². The molecule has 2 amide bonds. The second kappa shape index (κ2) is 8.10. The van der Waals surface area contributed by atoms with Crippen LogP contribution in [-0.4, -0.2) is 25.5 Å². The van der Waals surface area contributed by atoms with E-state index in [4.69, 9.17) is 4.74 Å². The van der Waals surface area contributed by atoms with E-state index in [0.717, 1.165) is 11.1 Å². The molecule has 2 rings (SSSR count). The number of methoxy groups -OCH3 is 1. The van der Waals surface area contributed by atoms with Crippen molar-refractivity contribution in [1.82, 2.24) is 5.32 Å². The number of nitrogens with one attached hydrogen (secondary N) is 2. The van der Waals surface area contributed by atoms with Crippen molar-refractivity contribution in [2.45, 2.75) is 26.4 Å². The molecular weight excluding hydrogens is 335 g/mol. The van der Waals surface area contributed by atoms with Crippen molar-refractivity contribution in [3.63, 3.8) is 0 Å². The van der Waals surface area contributed by atoms with Crippen molar-refractivity contribution in [3.8, 4) is 0 Å². The highest BCUT2D eigenvalue weighted by atomic mass is 19.1. The van der Waals surface area contributed by atoms with Gasteiger partial charge in [-0.05, 0) is 44.0 Å². The van der Waals surface area contributed by atoms with Crippen LogP contribution in [0.2, 0.25) is 0 Å². The van der Waals surface area contributed by atoms with Gasteiger partial charge in [0.2, 0.25) is 0 Å². The lowest BCUT2D eigenvalue weighted by molar-refractivity contribution is -0.137. The highest BCUT2D eigenvalue weighted by Gasteiger charge is 2.30. The molecule has 0 saturated carbocycles. The molecule has 0 spiro atoms. The third-order valence-corrected chi connectivity index (χ3v) is 4.54. The lowest BCUT2D eigenvalue weighted by Gasteiger charge is -2.29. The number of carbonyl (C=O) groups excluding carboxylic acids is 2. The molecule has 0 heterocycles. The maximum atomic E-state index is 14.1. The van der Waals surface area contributed by atoms with Crippen molar-refractivity contribution in [3.05, 3.63) is 65.0 Å². The number of rotatable bonds is 5. The largest absolute Gasteiger partial charge is 0.372 e. The summed E-state index contributed by atoms with van der Waals surface area (Å²) in [6.45, 7) is 5.38. The van der Waals surface area contributed by atoms with Crippen LogP contribution >= 0.6 is 0 Å². The number of hydrogen-bond donors (Lipinski definition) is 2. The van der Waals surface area contributed by atoms with Crippen LogP contribution in [0, 0.1) is 19.7 Å². The number of amides is 2. The Bertz CT molecular complexity index is 822. The van der Waals surface area contributed by atoms with Gasteiger partial charge in [0.05, 0.1) is 6.54 Å². The van der Waals surface area contributed by atoms with E-state index in [-0.39, 0.29) is 6.54 Å². The van der Waals surface area contributed by atoms with Crippen LogP contribution in [0.15, 0.2) is 42.5 Å². The molecule has 0 saturated heterocycles. The highest BCUT2D eigenvalue weighted by molar-refractivity contribution is 6.39. The zero-order chi connectivity index (χ0) is 19.3. The van der Waals surface area contributed by atoms with Crippen LogP contribution < -0.4 is 10.6 Å². The summed E-state index contributed by atoms with van der Waals surface area (Å²) in [6.07, 6.45) is 0. The predicted octanol–water partition coefficient (Wildman–Crippen LogP) is 3.06. The van der Waals surface area contributed by atoms with E-state index < -0.39 is 23.2 Å². The van der Waals surface area contributed by atoms with Gasteiger partial charge >= 0.3 is 11.8 Å². The van der Waals surface area contributed by atoms with Crippen molar-refractivity contribution in [2.75, 3.05) is 19.0 Å². The Kier molecular flexibility index (Phi) is 6.10. The summed E-state index contributed by atoms with van der Waals surface area (Å²) in [4.78, 5) is 24.3. The number of ether oxygens (including phenoxy) is 1. The van der Waals surface area contributed by atoms with Crippen LogP contribution in [0.1, 0.15) is 23.6 Å². The Morgan fingerprint density at radius 1 is 1.08 bits per heavy atom. The van der Waals surface area contributed by atoms with E-state index in [1.807, 2.05) is 19.9 Å². The Balaban J connectivity index is 2.05. The minimum atomic E-state index is -1.10. The van der Waals surface area contributed by atoms with Crippen molar-refractivity contribution >= 4 is 17.5 Å². The Labute approximate surface area is 152 Å². The summed E-state index contributed by atoms with van der Waals surface area (Å²) in [6, 6.07) is 11.6. The van der Waals surface area contributed by atoms with Gasteiger partial charge in [0.15, 0.2) is 0 Å². The molecule has 0 aliphatic rings. The highest BCUT2D eigenvalue weighted by Crippen LogP contribution is 2.26. The van der Waals surface area contributed by atoms with Gasteiger partial charge < -0.3 is 15.4 Å². The molecule has 6 heteroatoms. The fraction of sp³-hybridized carbons (Fsp3) is 0.300. The van der Waals surface area contributed by atoms with E-state index >= 15 is 0 Å². The zero-order valence-corrected chi connectivity index (χ0v) is 15.4. The topological polar surface area (TPSA) is 67.4 Å². The quantitative estimate of drug-likeness (QED) is 0.807. The second-order valence-corrected chi connectivity index (χ2v) is 6.30. The fourth-order valence-electron chi connectivity index (χ4n) is 2.56. The fourth-order valence-corrected chi connectivity index (χ4v) is 2.56. The van der Waals surface area contributed by atoms with Gasteiger partial charge in [-0.15, -0.1) is 0 Å². The zero-order valence-electron chi connectivity index (χ0n) is 15.4. The molecule has 2 aromatic carbocycles. The predicted molar refractivity (Wildman–Crippen MR) is 98.3 cm³/mol. The summed E-state index contributed by atoms with van der Waals surface area (Å²) < 4.78 is 19.5. The summed E-state index contributed by atoms with van der Waals surface area (Å²) in [7, 11) is 1.43. The van der Waals surface area contributed by atoms with E-state index in [1.54, 1.807) is 37.3 Å². The lowest BCUT2D eigenvalue weighted by Crippen LogP contribution is -2.44. The average Bonchev–Trinajstić information content (AvgIpc) is 2.63. The van der Waals surface area contributed by atoms with Crippen LogP contribution in [0.25, 0.3) is 0 Å². The van der Waals surface area contributed by atoms with Gasteiger partial charge in [-0.25, -0.2) is 4.39 Å². The minimum Gasteiger partial charge on any atom is -0.372 e. The minimum absolute atomic E-state index is 0.0521. The SMILES string of the molecule is COC(C)(CNC(=O)C(=O)Nc1cccc(C)c1C)c1ccccc1F. The van der Waals surface area contributed by atoms with Crippen LogP contribution in [0.4, 0.5) is 10.1 Å². The number of hydrogen-bond acceptors (Lipinski definition) is 3. The maximum Gasteiger partial charge on any atom is 0.313 e. The third kappa shape index (κ3) is 4.26. The summed E-state index contributed by atoms with van der Waals surface area (Å²) in [5, 5.41) is 5.10. The first-order chi connectivity index (χ1) is 12.3. The van der Waals surface area contributed by atoms with Crippen LogP contribution in [-0.2, 0) is 19.9 Å². The first kappa shape index (κ1) is 19.6. The molecular formula is C20H23FN2O3. The molecule has 0 bridgehead atoms. The summed E-state index contributed by atoms with van der Waals surface area (Å²) >= 11 is 0. The Hall–Kier alpha value is -2.73. The molecule has 1 atom stereocenters. The molecule has 0 aromatic heterocycles. The van der Waals surface area contributed by atoms with Gasteiger partial charge in [0.1, 0.15) is 11.4 Å². The van der Waals surface area contributed by atoms with Gasteiger partial charge in [-0.2, -0.15) is 0 Å². The van der Waals surface area contributed by atoms with E-state index in [9.17, 15) is 14.0 Å². The molecule has 138 valence electrons. The Morgan fingerprint density at radius 2 is 1.77 bits per heavy atom. The molecule has 5 nitrogen and oxygen atoms in total. The Morgan fingerprint density at radius 3 is 2.42 bits per heavy atom. The number of carbonyl (C=O) groups is 2. The first-order valence-electron chi connectivity index (χ1n) is 8.24. The molecule has 0 aliphatic heterocycles. The van der Waals surface area contributed by atoms with Crippen molar-refractivity contribution in [1.29, 1.82) is 0 Å². The molecule has 0 fully saturated rings. The number of aryl methyl sites for hydroxylation is 1. The number of benzene rings is 2. The van der Waals surface area contributed by atoms with Gasteiger partial charge in [0.25, 0.3) is 0 Å². The molecule has 2 aromatic rings. The van der Waals surface area contributed by atoms with E-state index in [2.05, 4.69) is 10.6 Å². The molecule has 26 heavy (non-hydrogen) atoms. The number of anilines is 1. The summed E-state index contributed by atoms with van der Waals surface area (Å²) in [5.41, 5.74) is 1.68. The standard InChI is InChI=1S/C20H23FN2O3/c1-13-8-7-11-17(14(13)2)23-19(25)18(24)22-12-20(3,26-4)15-9-5-6-10-16(15)21/h5-11H,12H2,1-4H3,(H,22,24)(H,23,25). The third-order valence-electron chi connectivity index (χ3n) is 4.54. The second-order valence-electron chi connectivity index (χ2n) is 6.30. The van der Waals surface area contributed by atoms with E-state index in [1.165, 1.54) is 13.2 Å². The monoisotopic (exact) mass is 358 g/mol. The number of halogens is 1. The molecule has 0 radical (unpaired) electrons. The average molecular weight is 358 g/mol. The van der Waals surface area contributed by atoms with Crippen LogP contribution in [0.3, 0.4) is 0 Å². The van der Waals surface area contributed by atoms with Gasteiger partial charge in [0, 0.05) is 18.4 Å². The molecule has 2 N–H and O–H groups in total. The van der Waals surface area contributed by atoms with E-state index in [0.29, 0.717) is 11.3 Å². The van der Waals surface area contributed by atoms with Crippen molar-refractivity contribution < 1.29 is 18.7 Å². The first-order valence-corrected chi connectivity index (χ1v) is 8.24. The summed E-state index contributed by atoms with van der Waals surface area (Å²) in [5.74, 6) is -2.04. The lowest BCUT2D eigenvalue weighted by atomic mass is 9.95. The normalized spacial score (nSPS) is 13.0. The van der Waals surface area contributed by atoms with Crippen LogP contribution in [0.5, 0.6) is 0 Å². The smallest absolute Gasteiger partial charge is 0.313 e. The maximum absolute atomic E-state index is 14.1. The van der Waals surface area contributed by atoms with Crippen molar-refractivity contribution in [2.24, 2.45) is 0 Å². The molecule has 0 aliphatic carbocycles. The molecule has 1 unspecified atom stereocenters.